The quantitative estimate of drug-likeness (QED) is 0.788. The van der Waals surface area contributed by atoms with Crippen molar-refractivity contribution in [3.63, 3.8) is 0 Å². The number of carbonyl (C=O) groups excluding carboxylic acids is 2. The van der Waals surface area contributed by atoms with Gasteiger partial charge < -0.3 is 10.6 Å². The van der Waals surface area contributed by atoms with Crippen molar-refractivity contribution < 1.29 is 9.59 Å². The summed E-state index contributed by atoms with van der Waals surface area (Å²) in [6.45, 7) is 3.12. The molecular formula is C16H22N2O2S. The fourth-order valence-corrected chi connectivity index (χ4v) is 3.16. The van der Waals surface area contributed by atoms with Crippen molar-refractivity contribution in [2.45, 2.75) is 31.8 Å². The Morgan fingerprint density at radius 3 is 2.76 bits per heavy atom. The summed E-state index contributed by atoms with van der Waals surface area (Å²) in [6.07, 6.45) is 2.11. The summed E-state index contributed by atoms with van der Waals surface area (Å²) in [5.41, 5.74) is 0.704. The van der Waals surface area contributed by atoms with E-state index in [-0.39, 0.29) is 17.7 Å². The van der Waals surface area contributed by atoms with E-state index in [0.717, 1.165) is 19.4 Å². The van der Waals surface area contributed by atoms with Crippen molar-refractivity contribution in [2.75, 3.05) is 18.1 Å². The van der Waals surface area contributed by atoms with Gasteiger partial charge in [0.25, 0.3) is 0 Å². The molecule has 5 heteroatoms. The minimum atomic E-state index is 0.0152. The van der Waals surface area contributed by atoms with Crippen LogP contribution in [-0.2, 0) is 4.79 Å². The Morgan fingerprint density at radius 2 is 2.05 bits per heavy atom. The number of hydrogen-bond donors (Lipinski definition) is 2. The zero-order valence-electron chi connectivity index (χ0n) is 12.3. The van der Waals surface area contributed by atoms with Gasteiger partial charge >= 0.3 is 0 Å². The fourth-order valence-electron chi connectivity index (χ4n) is 2.43. The van der Waals surface area contributed by atoms with Gasteiger partial charge in [-0.2, -0.15) is 0 Å². The zero-order valence-corrected chi connectivity index (χ0v) is 13.1. The fraction of sp³-hybridized carbons (Fsp3) is 0.500. The Kier molecular flexibility index (Phi) is 6.26. The summed E-state index contributed by atoms with van der Waals surface area (Å²) in [4.78, 5) is 23.8. The molecule has 1 fully saturated rings. The number of benzene rings is 1. The topological polar surface area (TPSA) is 58.2 Å². The summed E-state index contributed by atoms with van der Waals surface area (Å²) >= 11 is 1.37. The molecule has 0 spiro atoms. The number of nitrogens with one attached hydrogen (secondary N) is 2. The van der Waals surface area contributed by atoms with Gasteiger partial charge in [0.1, 0.15) is 0 Å². The number of thioether (sulfide) groups is 1. The van der Waals surface area contributed by atoms with Crippen LogP contribution in [0.1, 0.15) is 30.1 Å². The lowest BCUT2D eigenvalue weighted by atomic mass is 10.00. The van der Waals surface area contributed by atoms with Crippen molar-refractivity contribution >= 4 is 23.5 Å². The first-order valence-corrected chi connectivity index (χ1v) is 8.51. The van der Waals surface area contributed by atoms with Gasteiger partial charge in [0.2, 0.25) is 5.91 Å². The normalized spacial score (nSPS) is 21.8. The number of piperidine rings is 1. The Labute approximate surface area is 130 Å². The Hall–Kier alpha value is -1.33. The Morgan fingerprint density at radius 1 is 1.29 bits per heavy atom. The lowest BCUT2D eigenvalue weighted by molar-refractivity contribution is -0.119. The first-order valence-electron chi connectivity index (χ1n) is 7.35. The van der Waals surface area contributed by atoms with Crippen LogP contribution in [0.4, 0.5) is 0 Å². The van der Waals surface area contributed by atoms with Crippen molar-refractivity contribution in [1.82, 2.24) is 10.6 Å². The second kappa shape index (κ2) is 8.20. The first kappa shape index (κ1) is 16.0. The average Bonchev–Trinajstić information content (AvgIpc) is 2.50. The van der Waals surface area contributed by atoms with Gasteiger partial charge in [-0.05, 0) is 26.3 Å². The largest absolute Gasteiger partial charge is 0.351 e. The number of carbonyl (C=O) groups is 2. The highest BCUT2D eigenvalue weighted by molar-refractivity contribution is 8.00. The van der Waals surface area contributed by atoms with Crippen LogP contribution >= 0.6 is 11.8 Å². The molecule has 2 rings (SSSR count). The van der Waals surface area contributed by atoms with Gasteiger partial charge in [0.15, 0.2) is 5.78 Å². The van der Waals surface area contributed by atoms with Crippen molar-refractivity contribution in [1.29, 1.82) is 0 Å². The molecule has 4 nitrogen and oxygen atoms in total. The molecule has 21 heavy (non-hydrogen) atoms. The molecule has 0 saturated carbocycles. The van der Waals surface area contributed by atoms with E-state index < -0.39 is 0 Å². The summed E-state index contributed by atoms with van der Waals surface area (Å²) in [6, 6.07) is 9.72. The highest BCUT2D eigenvalue weighted by Gasteiger charge is 2.22. The lowest BCUT2D eigenvalue weighted by Gasteiger charge is -2.30. The van der Waals surface area contributed by atoms with Gasteiger partial charge in [0.05, 0.1) is 11.5 Å². The van der Waals surface area contributed by atoms with E-state index >= 15 is 0 Å². The van der Waals surface area contributed by atoms with Crippen molar-refractivity contribution in [2.24, 2.45) is 0 Å². The summed E-state index contributed by atoms with van der Waals surface area (Å²) in [5.74, 6) is 0.764. The molecule has 0 aliphatic carbocycles. The second-order valence-electron chi connectivity index (χ2n) is 5.34. The first-order chi connectivity index (χ1) is 10.2. The minimum absolute atomic E-state index is 0.0152. The average molecular weight is 306 g/mol. The van der Waals surface area contributed by atoms with Crippen molar-refractivity contribution in [3.8, 4) is 0 Å². The van der Waals surface area contributed by atoms with Crippen LogP contribution in [0, 0.1) is 0 Å². The van der Waals surface area contributed by atoms with E-state index in [4.69, 9.17) is 0 Å². The molecule has 2 N–H and O–H groups in total. The lowest BCUT2D eigenvalue weighted by Crippen LogP contribution is -2.52. The summed E-state index contributed by atoms with van der Waals surface area (Å²) < 4.78 is 0. The number of Topliss-reactive ketones (excluding diaryl/α,β-unsaturated/α-hetero) is 1. The third-order valence-electron chi connectivity index (χ3n) is 3.67. The van der Waals surface area contributed by atoms with E-state index in [1.165, 1.54) is 11.8 Å². The maximum Gasteiger partial charge on any atom is 0.230 e. The van der Waals surface area contributed by atoms with Crippen molar-refractivity contribution in [3.05, 3.63) is 35.9 Å². The van der Waals surface area contributed by atoms with Crippen LogP contribution in [0.5, 0.6) is 0 Å². The zero-order chi connectivity index (χ0) is 15.1. The molecule has 2 atom stereocenters. The molecule has 1 amide bonds. The van der Waals surface area contributed by atoms with Gasteiger partial charge in [-0.15, -0.1) is 11.8 Å². The number of rotatable bonds is 6. The van der Waals surface area contributed by atoms with E-state index in [1.54, 1.807) is 12.1 Å². The summed E-state index contributed by atoms with van der Waals surface area (Å²) in [5, 5.41) is 6.41. The molecule has 1 heterocycles. The van der Waals surface area contributed by atoms with Crippen LogP contribution in [0.25, 0.3) is 0 Å². The SMILES string of the molecule is CC1NCCCC1NC(=O)CSCC(=O)c1ccccc1. The van der Waals surface area contributed by atoms with Crippen LogP contribution in [0.2, 0.25) is 0 Å². The molecule has 1 aromatic rings. The van der Waals surface area contributed by atoms with Crippen LogP contribution in [-0.4, -0.2) is 41.8 Å². The van der Waals surface area contributed by atoms with E-state index in [2.05, 4.69) is 17.6 Å². The second-order valence-corrected chi connectivity index (χ2v) is 6.33. The number of amides is 1. The predicted molar refractivity (Wildman–Crippen MR) is 86.7 cm³/mol. The highest BCUT2D eigenvalue weighted by Crippen LogP contribution is 2.10. The van der Waals surface area contributed by atoms with Gasteiger partial charge in [-0.25, -0.2) is 0 Å². The number of ketones is 1. The predicted octanol–water partition coefficient (Wildman–Crippen LogP) is 1.86. The minimum Gasteiger partial charge on any atom is -0.351 e. The highest BCUT2D eigenvalue weighted by atomic mass is 32.2. The van der Waals surface area contributed by atoms with Gasteiger partial charge in [-0.3, -0.25) is 9.59 Å². The monoisotopic (exact) mass is 306 g/mol. The van der Waals surface area contributed by atoms with Gasteiger partial charge in [-0.1, -0.05) is 30.3 Å². The molecule has 1 aliphatic heterocycles. The molecule has 0 bridgehead atoms. The van der Waals surface area contributed by atoms with Crippen LogP contribution in [0.3, 0.4) is 0 Å². The Bertz CT molecular complexity index is 478. The van der Waals surface area contributed by atoms with E-state index in [9.17, 15) is 9.59 Å². The maximum absolute atomic E-state index is 11.9. The Balaban J connectivity index is 1.68. The molecule has 1 saturated heterocycles. The van der Waals surface area contributed by atoms with E-state index in [1.807, 2.05) is 18.2 Å². The van der Waals surface area contributed by atoms with Gasteiger partial charge in [0, 0.05) is 17.6 Å². The maximum atomic E-state index is 11.9. The molecule has 0 radical (unpaired) electrons. The smallest absolute Gasteiger partial charge is 0.230 e. The third kappa shape index (κ3) is 5.17. The van der Waals surface area contributed by atoms with E-state index in [0.29, 0.717) is 23.1 Å². The third-order valence-corrected chi connectivity index (χ3v) is 4.60. The molecular weight excluding hydrogens is 284 g/mol. The molecule has 2 unspecified atom stereocenters. The van der Waals surface area contributed by atoms with Crippen LogP contribution < -0.4 is 10.6 Å². The standard InChI is InChI=1S/C16H22N2O2S/c1-12-14(8-5-9-17-12)18-16(20)11-21-10-15(19)13-6-3-2-4-7-13/h2-4,6-7,12,14,17H,5,8-11H2,1H3,(H,18,20). The number of hydrogen-bond acceptors (Lipinski definition) is 4. The molecule has 114 valence electrons. The molecule has 1 aliphatic rings. The summed E-state index contributed by atoms with van der Waals surface area (Å²) in [7, 11) is 0. The molecule has 0 aromatic heterocycles. The molecule has 1 aromatic carbocycles. The van der Waals surface area contributed by atoms with Crippen LogP contribution in [0.15, 0.2) is 30.3 Å².